The highest BCUT2D eigenvalue weighted by atomic mass is 79.9. The number of alkyl halides is 1. The van der Waals surface area contributed by atoms with Crippen LogP contribution in [0.3, 0.4) is 0 Å². The molecular weight excluding hydrogens is 341 g/mol. The minimum absolute atomic E-state index is 0.173. The zero-order valence-corrected chi connectivity index (χ0v) is 12.0. The second-order valence-electron chi connectivity index (χ2n) is 4.04. The quantitative estimate of drug-likeness (QED) is 0.648. The topological polar surface area (TPSA) is 0 Å². The molecule has 19 heavy (non-hydrogen) atoms. The van der Waals surface area contributed by atoms with Crippen molar-refractivity contribution in [1.29, 1.82) is 0 Å². The second-order valence-corrected chi connectivity index (χ2v) is 5.56. The van der Waals surface area contributed by atoms with E-state index >= 15 is 0 Å². The van der Waals surface area contributed by atoms with Gasteiger partial charge in [-0.25, -0.2) is 13.2 Å². The van der Waals surface area contributed by atoms with Crippen molar-refractivity contribution in [3.8, 4) is 0 Å². The molecule has 0 heterocycles. The molecule has 2 aromatic rings. The van der Waals surface area contributed by atoms with E-state index in [-0.39, 0.29) is 17.0 Å². The summed E-state index contributed by atoms with van der Waals surface area (Å²) < 4.78 is 40.0. The molecule has 0 saturated carbocycles. The predicted octanol–water partition coefficient (Wildman–Crippen LogP) is 5.44. The Morgan fingerprint density at radius 3 is 2.42 bits per heavy atom. The Morgan fingerprint density at radius 1 is 1.05 bits per heavy atom. The van der Waals surface area contributed by atoms with Gasteiger partial charge in [-0.2, -0.15) is 0 Å². The zero-order chi connectivity index (χ0) is 14.0. The molecule has 0 N–H and O–H groups in total. The standard InChI is InChI=1S/C14H9BrClF3/c15-10(14-11(16)2-1-3-12(14)18)6-8-4-5-9(17)7-13(8)19/h1-5,7,10H,6H2. The van der Waals surface area contributed by atoms with Crippen LogP contribution in [0.2, 0.25) is 5.02 Å². The molecule has 5 heteroatoms. The van der Waals surface area contributed by atoms with Gasteiger partial charge in [-0.05, 0) is 30.2 Å². The lowest BCUT2D eigenvalue weighted by molar-refractivity contribution is 0.568. The van der Waals surface area contributed by atoms with Gasteiger partial charge in [0.15, 0.2) is 0 Å². The van der Waals surface area contributed by atoms with Gasteiger partial charge in [0.1, 0.15) is 17.5 Å². The van der Waals surface area contributed by atoms with Gasteiger partial charge in [0, 0.05) is 21.5 Å². The van der Waals surface area contributed by atoms with Crippen molar-refractivity contribution in [3.63, 3.8) is 0 Å². The molecule has 0 bridgehead atoms. The minimum atomic E-state index is -0.656. The van der Waals surface area contributed by atoms with Gasteiger partial charge in [-0.1, -0.05) is 39.7 Å². The molecule has 1 unspecified atom stereocenters. The molecule has 0 nitrogen and oxygen atoms in total. The van der Waals surface area contributed by atoms with Crippen LogP contribution in [0, 0.1) is 17.5 Å². The van der Waals surface area contributed by atoms with E-state index in [1.54, 1.807) is 6.07 Å². The summed E-state index contributed by atoms with van der Waals surface area (Å²) >= 11 is 9.22. The molecule has 0 spiro atoms. The van der Waals surface area contributed by atoms with E-state index in [4.69, 9.17) is 11.6 Å². The van der Waals surface area contributed by atoms with Crippen molar-refractivity contribution in [2.45, 2.75) is 11.2 Å². The smallest absolute Gasteiger partial charge is 0.129 e. The first kappa shape index (κ1) is 14.4. The van der Waals surface area contributed by atoms with Gasteiger partial charge in [0.25, 0.3) is 0 Å². The van der Waals surface area contributed by atoms with Crippen LogP contribution >= 0.6 is 27.5 Å². The Kier molecular flexibility index (Phi) is 4.53. The average Bonchev–Trinajstić information content (AvgIpc) is 2.32. The fourth-order valence-electron chi connectivity index (χ4n) is 1.79. The highest BCUT2D eigenvalue weighted by Gasteiger charge is 2.18. The lowest BCUT2D eigenvalue weighted by atomic mass is 10.0. The maximum atomic E-state index is 13.7. The third-order valence-electron chi connectivity index (χ3n) is 2.73. The Balaban J connectivity index is 2.28. The van der Waals surface area contributed by atoms with Gasteiger partial charge in [0.2, 0.25) is 0 Å². The third-order valence-corrected chi connectivity index (χ3v) is 3.84. The molecule has 0 fully saturated rings. The zero-order valence-electron chi connectivity index (χ0n) is 9.64. The second kappa shape index (κ2) is 5.97. The van der Waals surface area contributed by atoms with Crippen LogP contribution in [0.15, 0.2) is 36.4 Å². The van der Waals surface area contributed by atoms with Gasteiger partial charge in [-0.3, -0.25) is 0 Å². The van der Waals surface area contributed by atoms with Crippen LogP contribution in [0.5, 0.6) is 0 Å². The number of halogens is 5. The van der Waals surface area contributed by atoms with Crippen molar-refractivity contribution < 1.29 is 13.2 Å². The summed E-state index contributed by atoms with van der Waals surface area (Å²) in [5.74, 6) is -1.76. The fourth-order valence-corrected chi connectivity index (χ4v) is 3.03. The molecule has 0 amide bonds. The SMILES string of the molecule is Fc1ccc(CC(Br)c2c(F)cccc2Cl)c(F)c1. The van der Waals surface area contributed by atoms with Crippen molar-refractivity contribution in [3.05, 3.63) is 70.0 Å². The summed E-state index contributed by atoms with van der Waals surface area (Å²) in [6.07, 6.45) is 0.173. The van der Waals surface area contributed by atoms with E-state index in [1.165, 1.54) is 24.3 Å². The van der Waals surface area contributed by atoms with E-state index in [1.807, 2.05) is 0 Å². The van der Waals surface area contributed by atoms with Crippen molar-refractivity contribution in [2.75, 3.05) is 0 Å². The maximum absolute atomic E-state index is 13.7. The van der Waals surface area contributed by atoms with Crippen LogP contribution in [0.1, 0.15) is 16.0 Å². The van der Waals surface area contributed by atoms with Gasteiger partial charge in [0.05, 0.1) is 0 Å². The van der Waals surface area contributed by atoms with Crippen LogP contribution in [0.25, 0.3) is 0 Å². The van der Waals surface area contributed by atoms with Gasteiger partial charge < -0.3 is 0 Å². The molecule has 0 radical (unpaired) electrons. The van der Waals surface area contributed by atoms with Crippen LogP contribution < -0.4 is 0 Å². The predicted molar refractivity (Wildman–Crippen MR) is 73.1 cm³/mol. The number of hydrogen-bond acceptors (Lipinski definition) is 0. The molecule has 1 atom stereocenters. The average molecular weight is 350 g/mol. The van der Waals surface area contributed by atoms with Crippen LogP contribution in [0.4, 0.5) is 13.2 Å². The van der Waals surface area contributed by atoms with Gasteiger partial charge >= 0.3 is 0 Å². The van der Waals surface area contributed by atoms with Crippen LogP contribution in [-0.2, 0) is 6.42 Å². The third kappa shape index (κ3) is 3.31. The summed E-state index contributed by atoms with van der Waals surface area (Å²) in [5.41, 5.74) is 0.565. The number of benzene rings is 2. The normalized spacial score (nSPS) is 12.5. The Labute approximate surface area is 122 Å². The highest BCUT2D eigenvalue weighted by molar-refractivity contribution is 9.09. The first-order valence-corrected chi connectivity index (χ1v) is 6.80. The Morgan fingerprint density at radius 2 is 1.79 bits per heavy atom. The molecular formula is C14H9BrClF3. The molecule has 2 aromatic carbocycles. The molecule has 0 saturated heterocycles. The number of hydrogen-bond donors (Lipinski definition) is 0. The first-order chi connectivity index (χ1) is 8.99. The molecule has 0 aliphatic carbocycles. The number of rotatable bonds is 3. The minimum Gasteiger partial charge on any atom is -0.207 e. The highest BCUT2D eigenvalue weighted by Crippen LogP contribution is 2.34. The van der Waals surface area contributed by atoms with Crippen molar-refractivity contribution in [1.82, 2.24) is 0 Å². The molecule has 0 aliphatic heterocycles. The Bertz CT molecular complexity index is 581. The van der Waals surface area contributed by atoms with Crippen LogP contribution in [-0.4, -0.2) is 0 Å². The summed E-state index contributed by atoms with van der Waals surface area (Å²) in [6.45, 7) is 0. The van der Waals surface area contributed by atoms with E-state index in [9.17, 15) is 13.2 Å². The van der Waals surface area contributed by atoms with E-state index in [0.29, 0.717) is 5.56 Å². The lowest BCUT2D eigenvalue weighted by Crippen LogP contribution is -2.02. The fraction of sp³-hybridized carbons (Fsp3) is 0.143. The summed E-state index contributed by atoms with van der Waals surface area (Å²) in [5, 5.41) is 0.268. The summed E-state index contributed by atoms with van der Waals surface area (Å²) in [7, 11) is 0. The van der Waals surface area contributed by atoms with E-state index < -0.39 is 22.3 Å². The summed E-state index contributed by atoms with van der Waals surface area (Å²) in [6, 6.07) is 7.66. The summed E-state index contributed by atoms with van der Waals surface area (Å²) in [4.78, 5) is -0.485. The van der Waals surface area contributed by atoms with E-state index in [2.05, 4.69) is 15.9 Å². The van der Waals surface area contributed by atoms with Crippen molar-refractivity contribution in [2.24, 2.45) is 0 Å². The maximum Gasteiger partial charge on any atom is 0.129 e. The van der Waals surface area contributed by atoms with Crippen molar-refractivity contribution >= 4 is 27.5 Å². The van der Waals surface area contributed by atoms with E-state index in [0.717, 1.165) is 6.07 Å². The van der Waals surface area contributed by atoms with Gasteiger partial charge in [-0.15, -0.1) is 0 Å². The molecule has 0 aromatic heterocycles. The monoisotopic (exact) mass is 348 g/mol. The molecule has 100 valence electrons. The molecule has 2 rings (SSSR count). The lowest BCUT2D eigenvalue weighted by Gasteiger charge is -2.13. The first-order valence-electron chi connectivity index (χ1n) is 5.51. The largest absolute Gasteiger partial charge is 0.207 e. The Hall–Kier alpha value is -1.00. The molecule has 0 aliphatic rings.